The predicted molar refractivity (Wildman–Crippen MR) is 208 cm³/mol. The Balaban J connectivity index is 1.35. The zero-order valence-electron chi connectivity index (χ0n) is 26.7. The van der Waals surface area contributed by atoms with Gasteiger partial charge in [0.1, 0.15) is 11.2 Å². The minimum absolute atomic E-state index is 0.918. The number of rotatable bonds is 4. The molecule has 0 fully saturated rings. The van der Waals surface area contributed by atoms with Gasteiger partial charge in [-0.05, 0) is 95.0 Å². The quantitative estimate of drug-likeness (QED) is 0.178. The van der Waals surface area contributed by atoms with Crippen LogP contribution in [-0.2, 0) is 0 Å². The van der Waals surface area contributed by atoms with Gasteiger partial charge in [-0.1, -0.05) is 164 Å². The zero-order valence-corrected chi connectivity index (χ0v) is 26.7. The van der Waals surface area contributed by atoms with E-state index in [-0.39, 0.29) is 0 Å². The summed E-state index contributed by atoms with van der Waals surface area (Å²) in [6.45, 7) is 0. The molecule has 10 aromatic rings. The lowest BCUT2D eigenvalue weighted by Gasteiger charge is -2.22. The third-order valence-electron chi connectivity index (χ3n) is 10.1. The van der Waals surface area contributed by atoms with E-state index in [2.05, 4.69) is 176 Å². The normalized spacial score (nSPS) is 11.7. The van der Waals surface area contributed by atoms with Crippen LogP contribution in [0.4, 0.5) is 0 Å². The summed E-state index contributed by atoms with van der Waals surface area (Å²) >= 11 is 0. The maximum atomic E-state index is 6.31. The van der Waals surface area contributed by atoms with E-state index < -0.39 is 0 Å². The van der Waals surface area contributed by atoms with Gasteiger partial charge in [-0.2, -0.15) is 0 Å². The van der Waals surface area contributed by atoms with Gasteiger partial charge in [0.25, 0.3) is 0 Å². The molecule has 0 aliphatic carbocycles. The molecular formula is C48H30O. The van der Waals surface area contributed by atoms with E-state index in [9.17, 15) is 0 Å². The average Bonchev–Trinajstić information content (AvgIpc) is 3.54. The van der Waals surface area contributed by atoms with E-state index in [1.165, 1.54) is 76.8 Å². The SMILES string of the molecule is c1ccc(-c2cccc(-c3ccccc3)c2-c2c3ccccc3c(-c3cccc4cc5oc6ccccc6c5cc34)c3ccccc23)cc1. The van der Waals surface area contributed by atoms with Gasteiger partial charge in [0.05, 0.1) is 0 Å². The number of para-hydroxylation sites is 1. The van der Waals surface area contributed by atoms with E-state index in [1.807, 2.05) is 6.07 Å². The maximum Gasteiger partial charge on any atom is 0.136 e. The van der Waals surface area contributed by atoms with E-state index in [0.29, 0.717) is 0 Å². The Morgan fingerprint density at radius 2 is 0.755 bits per heavy atom. The first-order valence-electron chi connectivity index (χ1n) is 16.9. The van der Waals surface area contributed by atoms with Gasteiger partial charge in [0.15, 0.2) is 0 Å². The average molecular weight is 623 g/mol. The van der Waals surface area contributed by atoms with Crippen molar-refractivity contribution in [3.63, 3.8) is 0 Å². The Bertz CT molecular complexity index is 2750. The first kappa shape index (κ1) is 27.7. The highest BCUT2D eigenvalue weighted by Gasteiger charge is 2.23. The van der Waals surface area contributed by atoms with Crippen LogP contribution in [0.2, 0.25) is 0 Å². The molecule has 0 saturated carbocycles. The fraction of sp³-hybridized carbons (Fsp3) is 0. The highest BCUT2D eigenvalue weighted by Crippen LogP contribution is 2.50. The minimum atomic E-state index is 0.918. The molecule has 1 heterocycles. The van der Waals surface area contributed by atoms with Gasteiger partial charge < -0.3 is 4.42 Å². The molecule has 0 N–H and O–H groups in total. The number of benzene rings is 9. The Morgan fingerprint density at radius 1 is 0.265 bits per heavy atom. The lowest BCUT2D eigenvalue weighted by molar-refractivity contribution is 0.669. The highest BCUT2D eigenvalue weighted by molar-refractivity contribution is 6.26. The smallest absolute Gasteiger partial charge is 0.136 e. The summed E-state index contributed by atoms with van der Waals surface area (Å²) in [5, 5.41) is 9.63. The topological polar surface area (TPSA) is 13.1 Å². The number of furan rings is 1. The van der Waals surface area contributed by atoms with Crippen molar-refractivity contribution >= 4 is 54.3 Å². The van der Waals surface area contributed by atoms with Gasteiger partial charge in [-0.15, -0.1) is 0 Å². The highest BCUT2D eigenvalue weighted by atomic mass is 16.3. The molecule has 10 rings (SSSR count). The lowest BCUT2D eigenvalue weighted by Crippen LogP contribution is -1.95. The van der Waals surface area contributed by atoms with Crippen LogP contribution in [0, 0.1) is 0 Å². The summed E-state index contributed by atoms with van der Waals surface area (Å²) in [5.41, 5.74) is 11.7. The number of fused-ring (bicyclic) bond motifs is 6. The van der Waals surface area contributed by atoms with Crippen LogP contribution in [0.1, 0.15) is 0 Å². The number of hydrogen-bond donors (Lipinski definition) is 0. The van der Waals surface area contributed by atoms with Crippen LogP contribution in [-0.4, -0.2) is 0 Å². The van der Waals surface area contributed by atoms with Gasteiger partial charge in [-0.3, -0.25) is 0 Å². The summed E-state index contributed by atoms with van der Waals surface area (Å²) < 4.78 is 6.31. The Hall–Kier alpha value is -6.44. The van der Waals surface area contributed by atoms with Crippen molar-refractivity contribution in [2.75, 3.05) is 0 Å². The maximum absolute atomic E-state index is 6.31. The molecular weight excluding hydrogens is 593 g/mol. The first-order valence-corrected chi connectivity index (χ1v) is 16.9. The van der Waals surface area contributed by atoms with Crippen LogP contribution < -0.4 is 0 Å². The Morgan fingerprint density at radius 3 is 1.37 bits per heavy atom. The molecule has 0 aliphatic rings. The first-order chi connectivity index (χ1) is 24.3. The summed E-state index contributed by atoms with van der Waals surface area (Å²) in [6, 6.07) is 65.9. The van der Waals surface area contributed by atoms with Crippen molar-refractivity contribution in [3.8, 4) is 44.5 Å². The summed E-state index contributed by atoms with van der Waals surface area (Å²) in [4.78, 5) is 0. The Kier molecular flexibility index (Phi) is 6.25. The molecule has 1 nitrogen and oxygen atoms in total. The third-order valence-corrected chi connectivity index (χ3v) is 10.1. The lowest BCUT2D eigenvalue weighted by atomic mass is 9.80. The van der Waals surface area contributed by atoms with Crippen molar-refractivity contribution in [3.05, 3.63) is 182 Å². The van der Waals surface area contributed by atoms with Gasteiger partial charge in [0, 0.05) is 10.8 Å². The summed E-state index contributed by atoms with van der Waals surface area (Å²) in [5.74, 6) is 0. The van der Waals surface area contributed by atoms with Crippen molar-refractivity contribution in [2.24, 2.45) is 0 Å². The van der Waals surface area contributed by atoms with Crippen molar-refractivity contribution in [2.45, 2.75) is 0 Å². The second-order valence-corrected chi connectivity index (χ2v) is 12.8. The second-order valence-electron chi connectivity index (χ2n) is 12.8. The van der Waals surface area contributed by atoms with Gasteiger partial charge in [0.2, 0.25) is 0 Å². The largest absolute Gasteiger partial charge is 0.456 e. The fourth-order valence-corrected chi connectivity index (χ4v) is 7.94. The molecule has 0 aliphatic heterocycles. The van der Waals surface area contributed by atoms with Crippen LogP contribution in [0.15, 0.2) is 186 Å². The fourth-order valence-electron chi connectivity index (χ4n) is 7.94. The van der Waals surface area contributed by atoms with Gasteiger partial charge >= 0.3 is 0 Å². The summed E-state index contributed by atoms with van der Waals surface area (Å²) in [7, 11) is 0. The molecule has 9 aromatic carbocycles. The molecule has 0 unspecified atom stereocenters. The van der Waals surface area contributed by atoms with Crippen LogP contribution in [0.25, 0.3) is 98.8 Å². The molecule has 1 aromatic heterocycles. The molecule has 1 heteroatoms. The van der Waals surface area contributed by atoms with E-state index >= 15 is 0 Å². The van der Waals surface area contributed by atoms with Crippen molar-refractivity contribution < 1.29 is 4.42 Å². The molecule has 0 atom stereocenters. The molecule has 0 amide bonds. The minimum Gasteiger partial charge on any atom is -0.456 e. The van der Waals surface area contributed by atoms with Crippen molar-refractivity contribution in [1.29, 1.82) is 0 Å². The van der Waals surface area contributed by atoms with E-state index in [1.54, 1.807) is 0 Å². The predicted octanol–water partition coefficient (Wildman–Crippen LogP) is 13.7. The van der Waals surface area contributed by atoms with E-state index in [4.69, 9.17) is 4.42 Å². The molecule has 0 bridgehead atoms. The molecule has 49 heavy (non-hydrogen) atoms. The molecule has 0 radical (unpaired) electrons. The Labute approximate surface area is 284 Å². The van der Waals surface area contributed by atoms with Crippen LogP contribution in [0.5, 0.6) is 0 Å². The molecule has 228 valence electrons. The monoisotopic (exact) mass is 622 g/mol. The molecule has 0 spiro atoms. The molecule has 0 saturated heterocycles. The third kappa shape index (κ3) is 4.33. The van der Waals surface area contributed by atoms with Crippen LogP contribution in [0.3, 0.4) is 0 Å². The van der Waals surface area contributed by atoms with Gasteiger partial charge in [-0.25, -0.2) is 0 Å². The number of hydrogen-bond acceptors (Lipinski definition) is 1. The summed E-state index contributed by atoms with van der Waals surface area (Å²) in [6.07, 6.45) is 0. The van der Waals surface area contributed by atoms with Crippen molar-refractivity contribution in [1.82, 2.24) is 0 Å². The van der Waals surface area contributed by atoms with Crippen LogP contribution >= 0.6 is 0 Å². The zero-order chi connectivity index (χ0) is 32.3. The van der Waals surface area contributed by atoms with E-state index in [0.717, 1.165) is 21.9 Å². The second kappa shape index (κ2) is 11.1. The standard InChI is InChI=1S/C48H30O/c1-3-15-31(16-4-1)34-25-14-26-35(32-17-5-2-6-18-32)47(34)48-39-23-9-7-21-37(39)46(38-22-8-10-24-40(38)48)41-27-13-19-33-29-45-43(30-42(33)41)36-20-11-12-28-44(36)49-45/h1-30H.